The summed E-state index contributed by atoms with van der Waals surface area (Å²) in [6.45, 7) is 11.7. The van der Waals surface area contributed by atoms with Gasteiger partial charge in [-0.05, 0) is 92.0 Å². The second-order valence-electron chi connectivity index (χ2n) is 9.23. The van der Waals surface area contributed by atoms with E-state index >= 15 is 0 Å². The van der Waals surface area contributed by atoms with Gasteiger partial charge in [0, 0.05) is 6.92 Å². The maximum Gasteiger partial charge on any atom is 0.338 e. The van der Waals surface area contributed by atoms with Gasteiger partial charge in [-0.25, -0.2) is 9.79 Å². The lowest BCUT2D eigenvalue weighted by atomic mass is 9.95. The van der Waals surface area contributed by atoms with E-state index in [9.17, 15) is 14.4 Å². The monoisotopic (exact) mass is 672 g/mol. The third-order valence-electron chi connectivity index (χ3n) is 6.28. The summed E-state index contributed by atoms with van der Waals surface area (Å²) in [5.74, 6) is 0.624. The lowest BCUT2D eigenvalue weighted by Gasteiger charge is -2.25. The summed E-state index contributed by atoms with van der Waals surface area (Å²) in [5.41, 5.74) is 1.65. The first kappa shape index (κ1) is 32.0. The molecule has 3 aromatic rings. The van der Waals surface area contributed by atoms with E-state index in [4.69, 9.17) is 23.7 Å². The van der Waals surface area contributed by atoms with Crippen molar-refractivity contribution in [3.05, 3.63) is 76.9 Å². The summed E-state index contributed by atoms with van der Waals surface area (Å²) in [7, 11) is 0. The predicted molar refractivity (Wildman–Crippen MR) is 166 cm³/mol. The van der Waals surface area contributed by atoms with Crippen molar-refractivity contribution in [3.63, 3.8) is 0 Å². The molecule has 2 aromatic carbocycles. The van der Waals surface area contributed by atoms with Gasteiger partial charge < -0.3 is 23.7 Å². The zero-order chi connectivity index (χ0) is 31.3. The molecule has 0 N–H and O–H groups in total. The molecule has 1 aliphatic rings. The Morgan fingerprint density at radius 1 is 0.977 bits per heavy atom. The largest absolute Gasteiger partial charge is 0.490 e. The number of allylic oxidation sites excluding steroid dienone is 1. The lowest BCUT2D eigenvalue weighted by Crippen LogP contribution is -2.40. The number of carbonyl (C=O) groups excluding carboxylic acids is 2. The number of hydrogen-bond donors (Lipinski definition) is 0. The van der Waals surface area contributed by atoms with Crippen molar-refractivity contribution in [2.24, 2.45) is 4.99 Å². The molecule has 0 saturated heterocycles. The summed E-state index contributed by atoms with van der Waals surface area (Å²) < 4.78 is 30.4. The summed E-state index contributed by atoms with van der Waals surface area (Å²) in [6.07, 6.45) is 1.71. The van der Waals surface area contributed by atoms with Gasteiger partial charge in [0.25, 0.3) is 5.56 Å². The topological polar surface area (TPSA) is 115 Å². The van der Waals surface area contributed by atoms with E-state index in [1.54, 1.807) is 44.2 Å². The van der Waals surface area contributed by atoms with Crippen LogP contribution in [0.2, 0.25) is 0 Å². The van der Waals surface area contributed by atoms with E-state index in [1.807, 2.05) is 26.8 Å². The number of carbonyl (C=O) groups is 2. The van der Waals surface area contributed by atoms with E-state index in [1.165, 1.54) is 22.8 Å². The minimum atomic E-state index is -0.815. The van der Waals surface area contributed by atoms with Crippen molar-refractivity contribution >= 4 is 45.3 Å². The molecule has 0 saturated carbocycles. The highest BCUT2D eigenvalue weighted by Crippen LogP contribution is 2.38. The summed E-state index contributed by atoms with van der Waals surface area (Å²) in [4.78, 5) is 44.0. The minimum absolute atomic E-state index is 0.167. The highest BCUT2D eigenvalue weighted by molar-refractivity contribution is 9.10. The van der Waals surface area contributed by atoms with Gasteiger partial charge in [0.2, 0.25) is 0 Å². The molecule has 0 aliphatic carbocycles. The first-order valence-electron chi connectivity index (χ1n) is 13.9. The molecule has 0 unspecified atom stereocenters. The van der Waals surface area contributed by atoms with E-state index < -0.39 is 18.0 Å². The molecular weight excluding hydrogens is 640 g/mol. The van der Waals surface area contributed by atoms with Crippen LogP contribution in [0.3, 0.4) is 0 Å². The van der Waals surface area contributed by atoms with Gasteiger partial charge in [-0.15, -0.1) is 0 Å². The zero-order valence-corrected chi connectivity index (χ0v) is 27.2. The third kappa shape index (κ3) is 6.86. The average molecular weight is 674 g/mol. The molecule has 0 radical (unpaired) electrons. The standard InChI is InChI=1S/C31H33BrN2O8S/c1-7-38-22-12-11-20(16-23(22)39-8-2)27-26(30(37)41-10-4)17(5)33-31-34(27)29(36)25(43-31)15-19-13-21(32)28(42-18(6)35)24(14-19)40-9-3/h11-16,27H,7-10H2,1-6H3/b25-15-/t27-/m0/s1. The average Bonchev–Trinajstić information content (AvgIpc) is 3.25. The van der Waals surface area contributed by atoms with Crippen LogP contribution in [-0.2, 0) is 14.3 Å². The predicted octanol–water partition coefficient (Wildman–Crippen LogP) is 4.68. The molecular formula is C31H33BrN2O8S. The van der Waals surface area contributed by atoms with Crippen LogP contribution in [0.5, 0.6) is 23.0 Å². The molecule has 0 fully saturated rings. The van der Waals surface area contributed by atoms with Gasteiger partial charge in [0.05, 0.1) is 52.7 Å². The fraction of sp³-hybridized carbons (Fsp3) is 0.355. The molecule has 4 rings (SSSR count). The summed E-state index contributed by atoms with van der Waals surface area (Å²) >= 11 is 4.65. The number of esters is 2. The van der Waals surface area contributed by atoms with Crippen molar-refractivity contribution in [1.29, 1.82) is 0 Å². The lowest BCUT2D eigenvalue weighted by molar-refractivity contribution is -0.139. The second kappa shape index (κ2) is 14.0. The van der Waals surface area contributed by atoms with Crippen molar-refractivity contribution in [2.45, 2.75) is 47.6 Å². The van der Waals surface area contributed by atoms with Crippen molar-refractivity contribution in [3.8, 4) is 23.0 Å². The first-order chi connectivity index (χ1) is 20.6. The second-order valence-corrected chi connectivity index (χ2v) is 11.1. The number of hydrogen-bond acceptors (Lipinski definition) is 10. The Kier molecular flexibility index (Phi) is 10.5. The zero-order valence-electron chi connectivity index (χ0n) is 24.8. The van der Waals surface area contributed by atoms with Gasteiger partial charge in [-0.1, -0.05) is 17.4 Å². The van der Waals surface area contributed by atoms with E-state index in [0.717, 1.165) is 0 Å². The first-order valence-corrected chi connectivity index (χ1v) is 15.5. The number of fused-ring (bicyclic) bond motifs is 1. The number of halogens is 1. The molecule has 228 valence electrons. The van der Waals surface area contributed by atoms with Gasteiger partial charge >= 0.3 is 11.9 Å². The molecule has 10 nitrogen and oxygen atoms in total. The third-order valence-corrected chi connectivity index (χ3v) is 7.85. The minimum Gasteiger partial charge on any atom is -0.490 e. The molecule has 43 heavy (non-hydrogen) atoms. The van der Waals surface area contributed by atoms with Crippen LogP contribution in [0.15, 0.2) is 55.9 Å². The fourth-order valence-electron chi connectivity index (χ4n) is 4.67. The molecule has 1 aromatic heterocycles. The fourth-order valence-corrected chi connectivity index (χ4v) is 6.26. The Morgan fingerprint density at radius 3 is 2.30 bits per heavy atom. The normalized spacial score (nSPS) is 14.6. The number of benzene rings is 2. The van der Waals surface area contributed by atoms with Crippen molar-refractivity contribution in [2.75, 3.05) is 26.4 Å². The Morgan fingerprint density at radius 2 is 1.65 bits per heavy atom. The van der Waals surface area contributed by atoms with Crippen LogP contribution < -0.4 is 33.8 Å². The molecule has 2 heterocycles. The Balaban J connectivity index is 1.93. The molecule has 1 atom stereocenters. The van der Waals surface area contributed by atoms with E-state index in [2.05, 4.69) is 20.9 Å². The Labute approximate surface area is 261 Å². The molecule has 0 amide bonds. The number of aromatic nitrogens is 1. The summed E-state index contributed by atoms with van der Waals surface area (Å²) in [6, 6.07) is 7.98. The maximum absolute atomic E-state index is 14.1. The van der Waals surface area contributed by atoms with Crippen LogP contribution in [0.1, 0.15) is 58.7 Å². The Bertz CT molecular complexity index is 1760. The molecule has 0 spiro atoms. The van der Waals surface area contributed by atoms with Crippen LogP contribution in [-0.4, -0.2) is 42.9 Å². The van der Waals surface area contributed by atoms with Crippen molar-refractivity contribution < 1.29 is 33.3 Å². The summed E-state index contributed by atoms with van der Waals surface area (Å²) in [5, 5.41) is 0. The van der Waals surface area contributed by atoms with E-state index in [-0.39, 0.29) is 23.5 Å². The molecule has 1 aliphatic heterocycles. The number of nitrogens with zero attached hydrogens (tertiary/aromatic N) is 2. The highest BCUT2D eigenvalue weighted by Gasteiger charge is 2.34. The van der Waals surface area contributed by atoms with Crippen molar-refractivity contribution in [1.82, 2.24) is 4.57 Å². The van der Waals surface area contributed by atoms with Crippen LogP contribution in [0.4, 0.5) is 0 Å². The maximum atomic E-state index is 14.1. The van der Waals surface area contributed by atoms with Gasteiger partial charge in [0.1, 0.15) is 0 Å². The number of ether oxygens (including phenoxy) is 5. The SMILES string of the molecule is CCOC(=O)C1=C(C)N=c2s/c(=C\c3cc(Br)c(OC(C)=O)c(OCC)c3)c(=O)n2[C@H]1c1ccc(OCC)c(OCC)c1. The Hall–Kier alpha value is -3.90. The molecule has 0 bridgehead atoms. The van der Waals surface area contributed by atoms with Crippen LogP contribution in [0.25, 0.3) is 6.08 Å². The van der Waals surface area contributed by atoms with Crippen LogP contribution >= 0.6 is 27.3 Å². The highest BCUT2D eigenvalue weighted by atomic mass is 79.9. The van der Waals surface area contributed by atoms with Gasteiger partial charge in [-0.3, -0.25) is 14.2 Å². The smallest absolute Gasteiger partial charge is 0.338 e. The number of thiazole rings is 1. The molecule has 12 heteroatoms. The van der Waals surface area contributed by atoms with Crippen LogP contribution in [0, 0.1) is 0 Å². The van der Waals surface area contributed by atoms with Gasteiger partial charge in [-0.2, -0.15) is 0 Å². The van der Waals surface area contributed by atoms with E-state index in [0.29, 0.717) is 67.7 Å². The van der Waals surface area contributed by atoms with Gasteiger partial charge in [0.15, 0.2) is 27.8 Å². The quantitative estimate of drug-likeness (QED) is 0.213. The number of rotatable bonds is 11.